The Balaban J connectivity index is 1.37. The molecule has 0 aromatic heterocycles. The summed E-state index contributed by atoms with van der Waals surface area (Å²) in [6, 6.07) is 26.8. The topological polar surface area (TPSA) is 77.8 Å². The van der Waals surface area contributed by atoms with Crippen molar-refractivity contribution in [3.05, 3.63) is 107 Å². The van der Waals surface area contributed by atoms with Crippen LogP contribution in [-0.2, 0) is 15.8 Å². The molecule has 1 heterocycles. The average molecular weight is 486 g/mol. The first-order valence-electron chi connectivity index (χ1n) is 12.7. The van der Waals surface area contributed by atoms with Gasteiger partial charge >= 0.3 is 5.97 Å². The van der Waals surface area contributed by atoms with Crippen LogP contribution in [-0.4, -0.2) is 46.5 Å². The lowest BCUT2D eigenvalue weighted by molar-refractivity contribution is -0.142. The van der Waals surface area contributed by atoms with Gasteiger partial charge in [0.05, 0.1) is 5.41 Å². The first-order valence-corrected chi connectivity index (χ1v) is 12.7. The van der Waals surface area contributed by atoms with Gasteiger partial charge in [0.2, 0.25) is 0 Å². The quantitative estimate of drug-likeness (QED) is 0.404. The number of benzene rings is 3. The van der Waals surface area contributed by atoms with E-state index in [0.717, 1.165) is 37.1 Å². The van der Waals surface area contributed by atoms with E-state index in [9.17, 15) is 19.8 Å². The highest BCUT2D eigenvalue weighted by Gasteiger charge is 2.41. The molecule has 1 aliphatic heterocycles. The van der Waals surface area contributed by atoms with Crippen LogP contribution in [0.15, 0.2) is 84.9 Å². The number of rotatable bonds is 9. The van der Waals surface area contributed by atoms with E-state index in [1.54, 1.807) is 38.1 Å². The Kier molecular flexibility index (Phi) is 7.72. The maximum atomic E-state index is 12.8. The van der Waals surface area contributed by atoms with Gasteiger partial charge < -0.3 is 15.1 Å². The molecule has 0 bridgehead atoms. The smallest absolute Gasteiger partial charge is 0.313 e. The highest BCUT2D eigenvalue weighted by Crippen LogP contribution is 2.41. The van der Waals surface area contributed by atoms with Gasteiger partial charge in [0.25, 0.3) is 0 Å². The van der Waals surface area contributed by atoms with Crippen LogP contribution >= 0.6 is 0 Å². The molecule has 5 heteroatoms. The van der Waals surface area contributed by atoms with Crippen molar-refractivity contribution in [3.63, 3.8) is 0 Å². The monoisotopic (exact) mass is 485 g/mol. The molecule has 0 saturated carbocycles. The van der Waals surface area contributed by atoms with Crippen LogP contribution in [0.1, 0.15) is 60.2 Å². The zero-order valence-electron chi connectivity index (χ0n) is 21.1. The summed E-state index contributed by atoms with van der Waals surface area (Å²) in [5.74, 6) is -0.752. The number of nitrogens with zero attached hydrogens (tertiary/aromatic N) is 1. The zero-order chi connectivity index (χ0) is 25.8. The third kappa shape index (κ3) is 5.28. The van der Waals surface area contributed by atoms with Gasteiger partial charge in [0.1, 0.15) is 5.60 Å². The molecule has 3 aromatic carbocycles. The fourth-order valence-electron chi connectivity index (χ4n) is 5.20. The summed E-state index contributed by atoms with van der Waals surface area (Å²) in [6.07, 6.45) is 2.09. The fourth-order valence-corrected chi connectivity index (χ4v) is 5.20. The molecule has 36 heavy (non-hydrogen) atoms. The highest BCUT2D eigenvalue weighted by atomic mass is 16.4. The molecule has 188 valence electrons. The number of carbonyl (C=O) groups is 2. The van der Waals surface area contributed by atoms with Crippen molar-refractivity contribution in [2.75, 3.05) is 19.6 Å². The minimum atomic E-state index is -1.05. The minimum Gasteiger partial charge on any atom is -0.481 e. The minimum absolute atomic E-state index is 0.0573. The number of carboxylic acids is 1. The zero-order valence-corrected chi connectivity index (χ0v) is 21.1. The molecule has 1 fully saturated rings. The molecular formula is C31H35NO4. The third-order valence-electron chi connectivity index (χ3n) is 7.72. The second-order valence-corrected chi connectivity index (χ2v) is 10.3. The van der Waals surface area contributed by atoms with Crippen molar-refractivity contribution in [2.24, 2.45) is 5.92 Å². The Bertz CT molecular complexity index is 1120. The SMILES string of the molecule is CC(C)(C(=O)O)c1ccc(C(=O)CCN2CCC(C(O)(c3ccccc3)c3ccccc3)CC2)cc1. The summed E-state index contributed by atoms with van der Waals surface area (Å²) in [7, 11) is 0. The van der Waals surface area contributed by atoms with Crippen LogP contribution in [0.2, 0.25) is 0 Å². The van der Waals surface area contributed by atoms with Gasteiger partial charge in [-0.05, 0) is 62.4 Å². The molecule has 0 radical (unpaired) electrons. The Morgan fingerprint density at radius 2 is 1.31 bits per heavy atom. The van der Waals surface area contributed by atoms with E-state index >= 15 is 0 Å². The summed E-state index contributed by atoms with van der Waals surface area (Å²) in [5.41, 5.74) is 1.08. The van der Waals surface area contributed by atoms with Gasteiger partial charge in [0.15, 0.2) is 5.78 Å². The number of likely N-dealkylation sites (tertiary alicyclic amines) is 1. The molecule has 5 nitrogen and oxygen atoms in total. The Labute approximate surface area is 213 Å². The number of aliphatic carboxylic acids is 1. The Hall–Kier alpha value is -3.28. The van der Waals surface area contributed by atoms with Crippen molar-refractivity contribution in [2.45, 2.75) is 44.1 Å². The number of carbonyl (C=O) groups excluding carboxylic acids is 1. The molecule has 4 rings (SSSR count). The summed E-state index contributed by atoms with van der Waals surface area (Å²) >= 11 is 0. The van der Waals surface area contributed by atoms with Crippen LogP contribution in [0, 0.1) is 5.92 Å². The van der Waals surface area contributed by atoms with Crippen LogP contribution < -0.4 is 0 Å². The molecule has 1 saturated heterocycles. The summed E-state index contributed by atoms with van der Waals surface area (Å²) < 4.78 is 0. The number of aliphatic hydroxyl groups is 1. The average Bonchev–Trinajstić information content (AvgIpc) is 2.92. The number of hydrogen-bond donors (Lipinski definition) is 2. The summed E-state index contributed by atoms with van der Waals surface area (Å²) in [5, 5.41) is 21.4. The number of hydrogen-bond acceptors (Lipinski definition) is 4. The molecule has 3 aromatic rings. The molecule has 2 N–H and O–H groups in total. The fraction of sp³-hybridized carbons (Fsp3) is 0.355. The second-order valence-electron chi connectivity index (χ2n) is 10.3. The van der Waals surface area contributed by atoms with Crippen molar-refractivity contribution >= 4 is 11.8 Å². The van der Waals surface area contributed by atoms with E-state index < -0.39 is 17.0 Å². The van der Waals surface area contributed by atoms with Crippen LogP contribution in [0.25, 0.3) is 0 Å². The predicted molar refractivity (Wildman–Crippen MR) is 141 cm³/mol. The number of ketones is 1. The van der Waals surface area contributed by atoms with E-state index in [0.29, 0.717) is 24.1 Å². The van der Waals surface area contributed by atoms with E-state index in [1.807, 2.05) is 60.7 Å². The van der Waals surface area contributed by atoms with E-state index in [4.69, 9.17) is 0 Å². The maximum Gasteiger partial charge on any atom is 0.313 e. The summed E-state index contributed by atoms with van der Waals surface area (Å²) in [6.45, 7) is 5.64. The van der Waals surface area contributed by atoms with Crippen molar-refractivity contribution in [1.82, 2.24) is 4.90 Å². The van der Waals surface area contributed by atoms with Gasteiger partial charge in [-0.3, -0.25) is 9.59 Å². The molecule has 0 aliphatic carbocycles. The van der Waals surface area contributed by atoms with Gasteiger partial charge in [-0.25, -0.2) is 0 Å². The van der Waals surface area contributed by atoms with Gasteiger partial charge in [-0.1, -0.05) is 84.9 Å². The standard InChI is InChI=1S/C31H35NO4/c1-30(2,29(34)35)24-15-13-23(14-16-24)28(33)19-22-32-20-17-27(18-21-32)31(36,25-9-5-3-6-10-25)26-11-7-4-8-12-26/h3-16,27,36H,17-22H2,1-2H3,(H,34,35). The lowest BCUT2D eigenvalue weighted by atomic mass is 9.72. The van der Waals surface area contributed by atoms with E-state index in [1.165, 1.54) is 0 Å². The predicted octanol–water partition coefficient (Wildman–Crippen LogP) is 5.27. The normalized spacial score (nSPS) is 15.5. The molecular weight excluding hydrogens is 450 g/mol. The highest BCUT2D eigenvalue weighted by molar-refractivity contribution is 5.96. The van der Waals surface area contributed by atoms with Gasteiger partial charge in [-0.15, -0.1) is 0 Å². The third-order valence-corrected chi connectivity index (χ3v) is 7.72. The number of piperidine rings is 1. The van der Waals surface area contributed by atoms with Crippen LogP contribution in [0.5, 0.6) is 0 Å². The van der Waals surface area contributed by atoms with E-state index in [2.05, 4.69) is 4.90 Å². The summed E-state index contributed by atoms with van der Waals surface area (Å²) in [4.78, 5) is 26.6. The van der Waals surface area contributed by atoms with Crippen molar-refractivity contribution in [1.29, 1.82) is 0 Å². The first-order chi connectivity index (χ1) is 17.2. The maximum absolute atomic E-state index is 12.8. The molecule has 1 aliphatic rings. The second kappa shape index (κ2) is 10.8. The largest absolute Gasteiger partial charge is 0.481 e. The van der Waals surface area contributed by atoms with Crippen LogP contribution in [0.3, 0.4) is 0 Å². The molecule has 0 amide bonds. The molecule has 0 unspecified atom stereocenters. The first kappa shape index (κ1) is 25.8. The Morgan fingerprint density at radius 3 is 1.78 bits per heavy atom. The number of carboxylic acid groups (broad SMARTS) is 1. The lowest BCUT2D eigenvalue weighted by Gasteiger charge is -2.42. The molecule has 0 atom stereocenters. The van der Waals surface area contributed by atoms with Gasteiger partial charge in [0, 0.05) is 18.5 Å². The molecule has 0 spiro atoms. The van der Waals surface area contributed by atoms with Crippen molar-refractivity contribution in [3.8, 4) is 0 Å². The number of Topliss-reactive ketones (excluding diaryl/α,β-unsaturated/α-hetero) is 1. The van der Waals surface area contributed by atoms with Crippen molar-refractivity contribution < 1.29 is 19.8 Å². The van der Waals surface area contributed by atoms with Crippen LogP contribution in [0.4, 0.5) is 0 Å². The Morgan fingerprint density at radius 1 is 0.806 bits per heavy atom. The van der Waals surface area contributed by atoms with Gasteiger partial charge in [-0.2, -0.15) is 0 Å². The lowest BCUT2D eigenvalue weighted by Crippen LogP contribution is -2.44. The van der Waals surface area contributed by atoms with E-state index in [-0.39, 0.29) is 11.7 Å².